The first-order chi connectivity index (χ1) is 13.5. The van der Waals surface area contributed by atoms with Crippen LogP contribution < -0.4 is 5.32 Å². The van der Waals surface area contributed by atoms with Gasteiger partial charge in [-0.05, 0) is 6.42 Å². The molecule has 6 nitrogen and oxygen atoms in total. The third-order valence-corrected chi connectivity index (χ3v) is 5.23. The molecule has 28 heavy (non-hydrogen) atoms. The zero-order valence-electron chi connectivity index (χ0n) is 17.9. The molecular weight excluding hydrogens is 358 g/mol. The van der Waals surface area contributed by atoms with E-state index in [2.05, 4.69) is 12.2 Å². The van der Waals surface area contributed by atoms with Crippen molar-refractivity contribution < 1.29 is 25.2 Å². The third-order valence-electron chi connectivity index (χ3n) is 5.23. The maximum absolute atomic E-state index is 12.0. The highest BCUT2D eigenvalue weighted by Crippen LogP contribution is 2.18. The normalized spacial score (nSPS) is 12.7. The molecule has 0 rings (SSSR count). The molecule has 0 aromatic rings. The smallest absolute Gasteiger partial charge is 0.223 e. The average Bonchev–Trinajstić information content (AvgIpc) is 2.65. The van der Waals surface area contributed by atoms with Crippen LogP contribution in [0.2, 0.25) is 0 Å². The summed E-state index contributed by atoms with van der Waals surface area (Å²) in [4.78, 5) is 12.0. The fourth-order valence-corrected chi connectivity index (χ4v) is 3.53. The van der Waals surface area contributed by atoms with E-state index in [1.807, 2.05) is 0 Å². The van der Waals surface area contributed by atoms with E-state index in [-0.39, 0.29) is 18.9 Å². The monoisotopic (exact) mass is 403 g/mol. The average molecular weight is 404 g/mol. The van der Waals surface area contributed by atoms with Gasteiger partial charge in [-0.25, -0.2) is 0 Å². The van der Waals surface area contributed by atoms with Gasteiger partial charge in [0.05, 0.1) is 6.54 Å². The van der Waals surface area contributed by atoms with Crippen molar-refractivity contribution in [1.82, 2.24) is 5.32 Å². The number of hydrogen-bond donors (Lipinski definition) is 5. The summed E-state index contributed by atoms with van der Waals surface area (Å²) in [6.07, 6.45) is 15.2. The lowest BCUT2D eigenvalue weighted by atomic mass is 9.95. The topological polar surface area (TPSA) is 110 Å². The molecule has 0 radical (unpaired) electrons. The number of carbonyl (C=O) groups is 1. The van der Waals surface area contributed by atoms with Crippen molar-refractivity contribution in [2.75, 3.05) is 6.54 Å². The van der Waals surface area contributed by atoms with Crippen LogP contribution in [0.5, 0.6) is 0 Å². The Balaban J connectivity index is 3.60. The zero-order valence-corrected chi connectivity index (χ0v) is 17.9. The van der Waals surface area contributed by atoms with Crippen LogP contribution in [-0.4, -0.2) is 45.5 Å². The summed E-state index contributed by atoms with van der Waals surface area (Å²) in [5.41, 5.74) is 0. The van der Waals surface area contributed by atoms with Crippen molar-refractivity contribution in [3.8, 4) is 0 Å². The molecule has 0 spiro atoms. The SMILES string of the molecule is CCCCCCCCCCCCCCCCC(CC(O)O)C(=O)NCC(O)O. The highest BCUT2D eigenvalue weighted by molar-refractivity contribution is 5.78. The van der Waals surface area contributed by atoms with Crippen molar-refractivity contribution in [3.05, 3.63) is 0 Å². The summed E-state index contributed by atoms with van der Waals surface area (Å²) < 4.78 is 0. The number of nitrogens with one attached hydrogen (secondary N) is 1. The summed E-state index contributed by atoms with van der Waals surface area (Å²) in [6, 6.07) is 0. The van der Waals surface area contributed by atoms with Gasteiger partial charge >= 0.3 is 0 Å². The molecule has 0 bridgehead atoms. The van der Waals surface area contributed by atoms with Crippen LogP contribution in [0, 0.1) is 5.92 Å². The number of amides is 1. The summed E-state index contributed by atoms with van der Waals surface area (Å²) >= 11 is 0. The Morgan fingerprint density at radius 2 is 1.11 bits per heavy atom. The van der Waals surface area contributed by atoms with Gasteiger partial charge in [0.15, 0.2) is 12.6 Å². The van der Waals surface area contributed by atoms with E-state index < -0.39 is 18.5 Å². The molecule has 6 heteroatoms. The van der Waals surface area contributed by atoms with E-state index in [1.54, 1.807) is 0 Å². The van der Waals surface area contributed by atoms with E-state index in [1.165, 1.54) is 70.6 Å². The van der Waals surface area contributed by atoms with Gasteiger partial charge in [-0.3, -0.25) is 4.79 Å². The number of carbonyl (C=O) groups excluding carboxylic acids is 1. The van der Waals surface area contributed by atoms with Crippen molar-refractivity contribution in [1.29, 1.82) is 0 Å². The molecule has 0 saturated carbocycles. The van der Waals surface area contributed by atoms with E-state index in [0.717, 1.165) is 19.3 Å². The van der Waals surface area contributed by atoms with E-state index >= 15 is 0 Å². The molecule has 0 saturated heterocycles. The van der Waals surface area contributed by atoms with Crippen LogP contribution in [0.15, 0.2) is 0 Å². The highest BCUT2D eigenvalue weighted by atomic mass is 16.5. The fraction of sp³-hybridized carbons (Fsp3) is 0.955. The van der Waals surface area contributed by atoms with Crippen molar-refractivity contribution in [2.24, 2.45) is 5.92 Å². The van der Waals surface area contributed by atoms with Gasteiger partial charge in [0.25, 0.3) is 0 Å². The third kappa shape index (κ3) is 18.7. The number of aliphatic hydroxyl groups is 4. The minimum Gasteiger partial charge on any atom is -0.368 e. The number of rotatable bonds is 20. The largest absolute Gasteiger partial charge is 0.368 e. The van der Waals surface area contributed by atoms with E-state index in [0.29, 0.717) is 6.42 Å². The molecule has 0 aliphatic carbocycles. The summed E-state index contributed by atoms with van der Waals surface area (Å²) in [7, 11) is 0. The van der Waals surface area contributed by atoms with Crippen LogP contribution >= 0.6 is 0 Å². The summed E-state index contributed by atoms with van der Waals surface area (Å²) in [6.45, 7) is 2.01. The second-order valence-corrected chi connectivity index (χ2v) is 8.02. The molecule has 1 atom stereocenters. The lowest BCUT2D eigenvalue weighted by Crippen LogP contribution is -2.37. The molecular formula is C22H45NO5. The highest BCUT2D eigenvalue weighted by Gasteiger charge is 2.21. The first-order valence-corrected chi connectivity index (χ1v) is 11.5. The second-order valence-electron chi connectivity index (χ2n) is 8.02. The lowest BCUT2D eigenvalue weighted by Gasteiger charge is -2.18. The van der Waals surface area contributed by atoms with Crippen LogP contribution in [0.4, 0.5) is 0 Å². The zero-order chi connectivity index (χ0) is 21.0. The molecule has 5 N–H and O–H groups in total. The minimum absolute atomic E-state index is 0.0220. The van der Waals surface area contributed by atoms with E-state index in [9.17, 15) is 4.79 Å². The molecule has 1 amide bonds. The Hall–Kier alpha value is -0.690. The minimum atomic E-state index is -1.59. The fourth-order valence-electron chi connectivity index (χ4n) is 3.53. The second kappa shape index (κ2) is 19.6. The Morgan fingerprint density at radius 3 is 1.50 bits per heavy atom. The number of aliphatic hydroxyl groups excluding tert-OH is 2. The molecule has 0 aliphatic heterocycles. The molecule has 168 valence electrons. The van der Waals surface area contributed by atoms with Crippen molar-refractivity contribution >= 4 is 5.91 Å². The van der Waals surface area contributed by atoms with Crippen molar-refractivity contribution in [2.45, 2.75) is 122 Å². The first kappa shape index (κ1) is 27.3. The van der Waals surface area contributed by atoms with Crippen LogP contribution in [0.3, 0.4) is 0 Å². The van der Waals surface area contributed by atoms with Gasteiger partial charge in [0, 0.05) is 12.3 Å². The summed E-state index contributed by atoms with van der Waals surface area (Å²) in [5, 5.41) is 38.3. The number of unbranched alkanes of at least 4 members (excludes halogenated alkanes) is 13. The predicted octanol–water partition coefficient (Wildman–Crippen LogP) is 3.60. The van der Waals surface area contributed by atoms with Gasteiger partial charge in [-0.15, -0.1) is 0 Å². The van der Waals surface area contributed by atoms with Crippen LogP contribution in [0.1, 0.15) is 110 Å². The Morgan fingerprint density at radius 1 is 0.679 bits per heavy atom. The first-order valence-electron chi connectivity index (χ1n) is 11.5. The van der Waals surface area contributed by atoms with Crippen LogP contribution in [0.25, 0.3) is 0 Å². The van der Waals surface area contributed by atoms with Gasteiger partial charge in [-0.2, -0.15) is 0 Å². The number of hydrogen-bond acceptors (Lipinski definition) is 5. The van der Waals surface area contributed by atoms with Crippen LogP contribution in [-0.2, 0) is 4.79 Å². The molecule has 0 heterocycles. The molecule has 0 fully saturated rings. The Labute approximate surface area is 171 Å². The van der Waals surface area contributed by atoms with E-state index in [4.69, 9.17) is 20.4 Å². The quantitative estimate of drug-likeness (QED) is 0.158. The summed E-state index contributed by atoms with van der Waals surface area (Å²) in [5.74, 6) is -0.855. The molecule has 0 aliphatic rings. The Bertz CT molecular complexity index is 350. The molecule has 1 unspecified atom stereocenters. The van der Waals surface area contributed by atoms with Gasteiger partial charge in [0.2, 0.25) is 5.91 Å². The van der Waals surface area contributed by atoms with Gasteiger partial charge < -0.3 is 25.7 Å². The maximum atomic E-state index is 12.0. The predicted molar refractivity (Wildman–Crippen MR) is 112 cm³/mol. The Kier molecular flexibility index (Phi) is 19.1. The van der Waals surface area contributed by atoms with Gasteiger partial charge in [0.1, 0.15) is 0 Å². The standard InChI is InChI=1S/C22H45NO5/c1-2-3-4-5-6-7-8-9-10-11-12-13-14-15-16-19(17-20(24)25)22(28)23-18-21(26)27/h19-21,24-27H,2-18H2,1H3,(H,23,28). The van der Waals surface area contributed by atoms with Crippen molar-refractivity contribution in [3.63, 3.8) is 0 Å². The van der Waals surface area contributed by atoms with Gasteiger partial charge in [-0.1, -0.05) is 96.8 Å². The maximum Gasteiger partial charge on any atom is 0.223 e. The molecule has 0 aromatic heterocycles. The lowest BCUT2D eigenvalue weighted by molar-refractivity contribution is -0.132. The molecule has 0 aromatic carbocycles.